The molecule has 0 aromatic rings. The quantitative estimate of drug-likeness (QED) is 0.168. The maximum atomic E-state index is 13.0. The van der Waals surface area contributed by atoms with Crippen LogP contribution in [0.2, 0.25) is 0 Å². The summed E-state index contributed by atoms with van der Waals surface area (Å²) in [6, 6.07) is 0. The van der Waals surface area contributed by atoms with Crippen LogP contribution >= 0.6 is 0 Å². The fraction of sp³-hybridized carbons (Fsp3) is 1.00. The Kier molecular flexibility index (Phi) is 18.4. The lowest BCUT2D eigenvalue weighted by atomic mass is 10.2. The van der Waals surface area contributed by atoms with E-state index in [1.54, 1.807) is 14.4 Å². The van der Waals surface area contributed by atoms with Gasteiger partial charge in [-0.2, -0.15) is 0 Å². The SMILES string of the molecule is [B]N(C)CCN(CCN)CCN([B])CCN(CCN([B])F)CCN([B])CCN(C)C. The second kappa shape index (κ2) is 18.4. The maximum Gasteiger partial charge on any atom is 0.231 e. The molecule has 0 bridgehead atoms. The van der Waals surface area contributed by atoms with Gasteiger partial charge in [-0.25, -0.2) is 5.03 Å². The molecule has 0 aromatic heterocycles. The third-order valence-corrected chi connectivity index (χ3v) is 4.79. The molecule has 0 aliphatic rings. The number of nitrogens with zero attached hydrogens (tertiary/aromatic N) is 7. The van der Waals surface area contributed by atoms with E-state index in [2.05, 4.69) is 14.7 Å². The first-order valence-electron chi connectivity index (χ1n) is 10.6. The number of halogens is 1. The molecule has 30 heavy (non-hydrogen) atoms. The van der Waals surface area contributed by atoms with Crippen molar-refractivity contribution in [3.63, 3.8) is 0 Å². The van der Waals surface area contributed by atoms with E-state index >= 15 is 0 Å². The monoisotopic (exact) mass is 418 g/mol. The number of hydrogen-bond acceptors (Lipinski definition) is 8. The Bertz CT molecular complexity index is 399. The van der Waals surface area contributed by atoms with Crippen LogP contribution in [0.25, 0.3) is 0 Å². The van der Waals surface area contributed by atoms with E-state index in [4.69, 9.17) is 37.7 Å². The van der Waals surface area contributed by atoms with Crippen LogP contribution in [0.3, 0.4) is 0 Å². The van der Waals surface area contributed by atoms with Crippen LogP contribution in [-0.2, 0) is 0 Å². The largest absolute Gasteiger partial charge is 0.355 e. The first kappa shape index (κ1) is 29.9. The zero-order chi connectivity index (χ0) is 22.9. The molecule has 0 atom stereocenters. The lowest BCUT2D eigenvalue weighted by molar-refractivity contribution is 0.117. The fourth-order valence-corrected chi connectivity index (χ4v) is 2.75. The van der Waals surface area contributed by atoms with Crippen LogP contribution in [0.4, 0.5) is 4.48 Å². The number of nitrogens with two attached hydrogens (primary N) is 1. The smallest absolute Gasteiger partial charge is 0.231 e. The summed E-state index contributed by atoms with van der Waals surface area (Å²) in [5, 5.41) is 0.207. The topological polar surface area (TPSA) is 48.7 Å². The van der Waals surface area contributed by atoms with Crippen molar-refractivity contribution in [2.45, 2.75) is 0 Å². The van der Waals surface area contributed by atoms with Crippen molar-refractivity contribution >= 4 is 31.9 Å². The van der Waals surface area contributed by atoms with Gasteiger partial charge < -0.3 is 25.1 Å². The van der Waals surface area contributed by atoms with E-state index in [1.165, 1.54) is 0 Å². The van der Waals surface area contributed by atoms with Gasteiger partial charge in [0.25, 0.3) is 0 Å². The van der Waals surface area contributed by atoms with Gasteiger partial charge in [0.1, 0.15) is 0 Å². The lowest BCUT2D eigenvalue weighted by Gasteiger charge is -2.30. The summed E-state index contributed by atoms with van der Waals surface area (Å²) in [5.74, 6) is 0. The minimum Gasteiger partial charge on any atom is -0.355 e. The average molecular weight is 418 g/mol. The Balaban J connectivity index is 4.36. The van der Waals surface area contributed by atoms with Crippen molar-refractivity contribution in [3.05, 3.63) is 0 Å². The molecule has 0 unspecified atom stereocenters. The van der Waals surface area contributed by atoms with Crippen LogP contribution in [0.1, 0.15) is 0 Å². The van der Waals surface area contributed by atoms with Crippen molar-refractivity contribution in [1.29, 1.82) is 0 Å². The van der Waals surface area contributed by atoms with Gasteiger partial charge in [-0.15, -0.1) is 4.48 Å². The highest BCUT2D eigenvalue weighted by molar-refractivity contribution is 6.04. The van der Waals surface area contributed by atoms with E-state index in [1.807, 2.05) is 21.1 Å². The molecule has 8 radical (unpaired) electrons. The van der Waals surface area contributed by atoms with Gasteiger partial charge in [-0.05, 0) is 53.9 Å². The van der Waals surface area contributed by atoms with E-state index < -0.39 is 0 Å². The van der Waals surface area contributed by atoms with Crippen molar-refractivity contribution in [2.24, 2.45) is 5.73 Å². The summed E-state index contributed by atoms with van der Waals surface area (Å²) in [4.78, 5) is 11.7. The number of rotatable bonds is 20. The molecular formula is C17H39B4FN8. The Hall–Kier alpha value is -0.130. The Morgan fingerprint density at radius 2 is 0.967 bits per heavy atom. The summed E-state index contributed by atoms with van der Waals surface area (Å²) < 4.78 is 13.0. The maximum absolute atomic E-state index is 13.0. The number of hydrogen-bond donors (Lipinski definition) is 1. The summed E-state index contributed by atoms with van der Waals surface area (Å²) in [7, 11) is 28.9. The molecule has 0 saturated heterocycles. The molecule has 8 nitrogen and oxygen atoms in total. The molecule has 0 amide bonds. The summed E-state index contributed by atoms with van der Waals surface area (Å²) >= 11 is 0. The van der Waals surface area contributed by atoms with Gasteiger partial charge in [0.05, 0.1) is 0 Å². The van der Waals surface area contributed by atoms with Crippen LogP contribution < -0.4 is 5.73 Å². The zero-order valence-electron chi connectivity index (χ0n) is 19.3. The average Bonchev–Trinajstić information content (AvgIpc) is 2.67. The predicted molar refractivity (Wildman–Crippen MR) is 127 cm³/mol. The molecular weight excluding hydrogens is 378 g/mol. The van der Waals surface area contributed by atoms with Gasteiger partial charge in [-0.1, -0.05) is 0 Å². The first-order chi connectivity index (χ1) is 14.1. The number of likely N-dealkylation sites (N-methyl/N-ethyl adjacent to an activating group) is 2. The van der Waals surface area contributed by atoms with Crippen molar-refractivity contribution in [1.82, 2.24) is 34.2 Å². The van der Waals surface area contributed by atoms with Crippen molar-refractivity contribution < 1.29 is 4.48 Å². The first-order valence-corrected chi connectivity index (χ1v) is 10.6. The normalized spacial score (nSPS) is 12.7. The van der Waals surface area contributed by atoms with E-state index in [0.717, 1.165) is 39.3 Å². The van der Waals surface area contributed by atoms with Crippen LogP contribution in [0.5, 0.6) is 0 Å². The molecule has 0 fully saturated rings. The summed E-state index contributed by atoms with van der Waals surface area (Å²) in [5.41, 5.74) is 5.69. The van der Waals surface area contributed by atoms with Gasteiger partial charge in [0, 0.05) is 58.9 Å². The van der Waals surface area contributed by atoms with Gasteiger partial charge in [-0.3, -0.25) is 9.80 Å². The highest BCUT2D eigenvalue weighted by atomic mass is 19.2. The van der Waals surface area contributed by atoms with Crippen LogP contribution in [-0.4, -0.2) is 179 Å². The van der Waals surface area contributed by atoms with Gasteiger partial charge >= 0.3 is 0 Å². The molecule has 0 saturated carbocycles. The van der Waals surface area contributed by atoms with Gasteiger partial charge in [0.15, 0.2) is 23.9 Å². The van der Waals surface area contributed by atoms with Gasteiger partial charge in [0.2, 0.25) is 7.98 Å². The third kappa shape index (κ3) is 18.6. The highest BCUT2D eigenvalue weighted by Gasteiger charge is 2.11. The fourth-order valence-electron chi connectivity index (χ4n) is 2.75. The van der Waals surface area contributed by atoms with Crippen LogP contribution in [0.15, 0.2) is 0 Å². The molecule has 0 heterocycles. The second-order valence-electron chi connectivity index (χ2n) is 7.95. The second-order valence-corrected chi connectivity index (χ2v) is 7.95. The molecule has 2 N–H and O–H groups in total. The standard InChI is InChI=1S/C17H39B4FN8/c1-24(2)6-13-28(19)15-10-27(12-17-30(21)22)11-16-29(20)14-9-26(5-4-23)8-7-25(3)18/h4-17,23H2,1-3H3. The van der Waals surface area contributed by atoms with Crippen LogP contribution in [0, 0.1) is 0 Å². The molecule has 166 valence electrons. The lowest BCUT2D eigenvalue weighted by Crippen LogP contribution is -2.44. The molecule has 0 spiro atoms. The molecule has 0 aliphatic heterocycles. The van der Waals surface area contributed by atoms with E-state index in [-0.39, 0.29) is 11.6 Å². The van der Waals surface area contributed by atoms with E-state index in [9.17, 15) is 4.48 Å². The summed E-state index contributed by atoms with van der Waals surface area (Å²) in [6.07, 6.45) is 0. The Morgan fingerprint density at radius 3 is 1.37 bits per heavy atom. The minimum atomic E-state index is 0.129. The third-order valence-electron chi connectivity index (χ3n) is 4.79. The summed E-state index contributed by atoms with van der Waals surface area (Å²) in [6.45, 7) is 9.56. The molecule has 0 aliphatic carbocycles. The van der Waals surface area contributed by atoms with Crippen molar-refractivity contribution in [3.8, 4) is 0 Å². The zero-order valence-corrected chi connectivity index (χ0v) is 19.3. The van der Waals surface area contributed by atoms with Crippen molar-refractivity contribution in [2.75, 3.05) is 113 Å². The predicted octanol–water partition coefficient (Wildman–Crippen LogP) is -2.83. The minimum absolute atomic E-state index is 0.129. The Morgan fingerprint density at radius 1 is 0.567 bits per heavy atom. The molecule has 0 aromatic carbocycles. The molecule has 13 heteroatoms. The van der Waals surface area contributed by atoms with E-state index in [0.29, 0.717) is 45.8 Å². The highest BCUT2D eigenvalue weighted by Crippen LogP contribution is 1.96. The molecule has 0 rings (SSSR count). The Labute approximate surface area is 189 Å².